The molecule has 1 heterocycles. The molecule has 0 N–H and O–H groups in total. The standard InChI is InChI=1S/C24H33Cl2NO5/c1-18-12-14-20(10-8-6-4-2-3-5-7-9-11-23(28)31-18)27-32-24(29)17-30-22-15-13-19(25)16-21(22)26/h13,15-16,18H,2-12,14,17H2,1H3. The molecule has 1 aromatic rings. The molecule has 1 aromatic carbocycles. The second-order valence-electron chi connectivity index (χ2n) is 8.15. The van der Waals surface area contributed by atoms with Crippen LogP contribution in [0.4, 0.5) is 0 Å². The molecule has 1 saturated heterocycles. The van der Waals surface area contributed by atoms with Gasteiger partial charge in [0.15, 0.2) is 6.61 Å². The maximum absolute atomic E-state index is 12.1. The third kappa shape index (κ3) is 11.2. The van der Waals surface area contributed by atoms with Crippen LogP contribution in [0.3, 0.4) is 0 Å². The maximum Gasteiger partial charge on any atom is 0.372 e. The highest BCUT2D eigenvalue weighted by Gasteiger charge is 2.13. The van der Waals surface area contributed by atoms with E-state index in [0.29, 0.717) is 35.1 Å². The molecule has 178 valence electrons. The second kappa shape index (κ2) is 15.1. The highest BCUT2D eigenvalue weighted by atomic mass is 35.5. The molecule has 1 aliphatic heterocycles. The van der Waals surface area contributed by atoms with Crippen LogP contribution in [0.2, 0.25) is 10.0 Å². The highest BCUT2D eigenvalue weighted by Crippen LogP contribution is 2.27. The smallest absolute Gasteiger partial charge is 0.372 e. The van der Waals surface area contributed by atoms with Gasteiger partial charge in [-0.15, -0.1) is 0 Å². The predicted octanol–water partition coefficient (Wildman–Crippen LogP) is 6.90. The molecule has 6 nitrogen and oxygen atoms in total. The molecule has 0 amide bonds. The van der Waals surface area contributed by atoms with Crippen LogP contribution in [0, 0.1) is 0 Å². The first-order valence-corrected chi connectivity index (χ1v) is 12.2. The fourth-order valence-corrected chi connectivity index (χ4v) is 3.92. The number of hydrogen-bond acceptors (Lipinski definition) is 6. The Morgan fingerprint density at radius 2 is 1.69 bits per heavy atom. The molecule has 0 saturated carbocycles. The van der Waals surface area contributed by atoms with Crippen molar-refractivity contribution in [2.24, 2.45) is 5.16 Å². The van der Waals surface area contributed by atoms with Crippen molar-refractivity contribution in [3.05, 3.63) is 28.2 Å². The Kier molecular flexibility index (Phi) is 12.5. The third-order valence-electron chi connectivity index (χ3n) is 5.28. The third-order valence-corrected chi connectivity index (χ3v) is 5.81. The van der Waals surface area contributed by atoms with E-state index in [9.17, 15) is 9.59 Å². The van der Waals surface area contributed by atoms with E-state index in [1.165, 1.54) is 25.3 Å². The van der Waals surface area contributed by atoms with Gasteiger partial charge < -0.3 is 14.3 Å². The van der Waals surface area contributed by atoms with Gasteiger partial charge in [-0.1, -0.05) is 66.9 Å². The number of carbonyl (C=O) groups excluding carboxylic acids is 2. The summed E-state index contributed by atoms with van der Waals surface area (Å²) in [5.74, 6) is -0.413. The van der Waals surface area contributed by atoms with E-state index < -0.39 is 5.97 Å². The van der Waals surface area contributed by atoms with Crippen molar-refractivity contribution < 1.29 is 23.9 Å². The van der Waals surface area contributed by atoms with Gasteiger partial charge in [0.05, 0.1) is 16.8 Å². The van der Waals surface area contributed by atoms with Crippen LogP contribution >= 0.6 is 23.2 Å². The first kappa shape index (κ1) is 26.5. The minimum absolute atomic E-state index is 0.146. The fraction of sp³-hybridized carbons (Fsp3) is 0.625. The molecule has 2 rings (SSSR count). The lowest BCUT2D eigenvalue weighted by atomic mass is 10.0. The summed E-state index contributed by atoms with van der Waals surface area (Å²) in [5, 5.41) is 4.88. The lowest BCUT2D eigenvalue weighted by Gasteiger charge is -2.14. The van der Waals surface area contributed by atoms with E-state index in [1.54, 1.807) is 12.1 Å². The zero-order chi connectivity index (χ0) is 23.2. The number of oxime groups is 1. The van der Waals surface area contributed by atoms with Crippen LogP contribution in [0.25, 0.3) is 0 Å². The summed E-state index contributed by atoms with van der Waals surface area (Å²) in [6, 6.07) is 4.76. The van der Waals surface area contributed by atoms with Gasteiger partial charge in [-0.25, -0.2) is 4.79 Å². The van der Waals surface area contributed by atoms with Crippen molar-refractivity contribution in [1.82, 2.24) is 0 Å². The van der Waals surface area contributed by atoms with Gasteiger partial charge in [0.2, 0.25) is 0 Å². The molecule has 0 radical (unpaired) electrons. The SMILES string of the molecule is CC1CCC(=NOC(=O)COc2ccc(Cl)cc2Cl)CCCCCCCCCCC(=O)O1. The lowest BCUT2D eigenvalue weighted by molar-refractivity contribution is -0.148. The molecule has 0 aromatic heterocycles. The number of esters is 1. The van der Waals surface area contributed by atoms with Crippen molar-refractivity contribution in [3.63, 3.8) is 0 Å². The van der Waals surface area contributed by atoms with Crippen LogP contribution in [0.15, 0.2) is 23.4 Å². The minimum Gasteiger partial charge on any atom is -0.480 e. The van der Waals surface area contributed by atoms with Gasteiger partial charge in [-0.2, -0.15) is 0 Å². The second-order valence-corrected chi connectivity index (χ2v) is 9.00. The number of nitrogens with zero attached hydrogens (tertiary/aromatic N) is 1. The van der Waals surface area contributed by atoms with Crippen LogP contribution in [-0.4, -0.2) is 30.4 Å². The maximum atomic E-state index is 12.1. The number of benzene rings is 1. The number of hydrogen-bond donors (Lipinski definition) is 0. The van der Waals surface area contributed by atoms with Gasteiger partial charge in [0.1, 0.15) is 5.75 Å². The Morgan fingerprint density at radius 3 is 2.38 bits per heavy atom. The minimum atomic E-state index is -0.616. The van der Waals surface area contributed by atoms with Crippen molar-refractivity contribution >= 4 is 40.9 Å². The van der Waals surface area contributed by atoms with Gasteiger partial charge in [-0.3, -0.25) is 4.79 Å². The molecule has 1 aliphatic rings. The molecule has 1 unspecified atom stereocenters. The predicted molar refractivity (Wildman–Crippen MR) is 126 cm³/mol. The van der Waals surface area contributed by atoms with Crippen molar-refractivity contribution in [1.29, 1.82) is 0 Å². The molecule has 0 spiro atoms. The van der Waals surface area contributed by atoms with Crippen LogP contribution in [0.5, 0.6) is 5.75 Å². The first-order chi connectivity index (χ1) is 15.4. The quantitative estimate of drug-likeness (QED) is 0.263. The molecule has 0 aliphatic carbocycles. The van der Waals surface area contributed by atoms with E-state index in [0.717, 1.165) is 44.2 Å². The molecule has 32 heavy (non-hydrogen) atoms. The Hall–Kier alpha value is -1.79. The summed E-state index contributed by atoms with van der Waals surface area (Å²) in [4.78, 5) is 29.1. The Labute approximate surface area is 200 Å². The molecular formula is C24H33Cl2NO5. The van der Waals surface area contributed by atoms with E-state index in [4.69, 9.17) is 37.5 Å². The van der Waals surface area contributed by atoms with Crippen LogP contribution in [-0.2, 0) is 19.2 Å². The molecule has 0 bridgehead atoms. The Bertz CT molecular complexity index is 769. The summed E-state index contributed by atoms with van der Waals surface area (Å²) < 4.78 is 10.9. The van der Waals surface area contributed by atoms with Gasteiger partial charge in [-0.05, 0) is 57.2 Å². The summed E-state index contributed by atoms with van der Waals surface area (Å²) >= 11 is 11.9. The topological polar surface area (TPSA) is 74.2 Å². The Morgan fingerprint density at radius 1 is 1.03 bits per heavy atom. The van der Waals surface area contributed by atoms with E-state index in [-0.39, 0.29) is 18.7 Å². The largest absolute Gasteiger partial charge is 0.480 e. The number of cyclic esters (lactones) is 1. The first-order valence-electron chi connectivity index (χ1n) is 11.5. The van der Waals surface area contributed by atoms with Gasteiger partial charge >= 0.3 is 11.9 Å². The van der Waals surface area contributed by atoms with Gasteiger partial charge in [0, 0.05) is 11.4 Å². The summed E-state index contributed by atoms with van der Waals surface area (Å²) in [7, 11) is 0. The number of rotatable bonds is 4. The van der Waals surface area contributed by atoms with E-state index in [2.05, 4.69) is 5.16 Å². The average Bonchev–Trinajstić information content (AvgIpc) is 2.74. The lowest BCUT2D eigenvalue weighted by Crippen LogP contribution is -2.17. The molecule has 8 heteroatoms. The van der Waals surface area contributed by atoms with Gasteiger partial charge in [0.25, 0.3) is 0 Å². The number of ether oxygens (including phenoxy) is 2. The van der Waals surface area contributed by atoms with Crippen LogP contribution in [0.1, 0.15) is 84.0 Å². The fourth-order valence-electron chi connectivity index (χ4n) is 3.46. The molecule has 1 atom stereocenters. The van der Waals surface area contributed by atoms with Crippen molar-refractivity contribution in [2.75, 3.05) is 6.61 Å². The molecular weight excluding hydrogens is 453 g/mol. The van der Waals surface area contributed by atoms with E-state index in [1.807, 2.05) is 6.92 Å². The highest BCUT2D eigenvalue weighted by molar-refractivity contribution is 6.35. The summed E-state index contributed by atoms with van der Waals surface area (Å²) in [6.45, 7) is 1.57. The number of carbonyl (C=O) groups is 2. The monoisotopic (exact) mass is 485 g/mol. The van der Waals surface area contributed by atoms with Crippen LogP contribution < -0.4 is 4.74 Å². The normalized spacial score (nSPS) is 21.0. The summed E-state index contributed by atoms with van der Waals surface area (Å²) in [6.07, 6.45) is 11.1. The zero-order valence-corrected chi connectivity index (χ0v) is 20.3. The van der Waals surface area contributed by atoms with Crippen molar-refractivity contribution in [3.8, 4) is 5.75 Å². The zero-order valence-electron chi connectivity index (χ0n) is 18.7. The number of halogens is 2. The van der Waals surface area contributed by atoms with E-state index >= 15 is 0 Å². The molecule has 1 fully saturated rings. The summed E-state index contributed by atoms with van der Waals surface area (Å²) in [5.41, 5.74) is 0.790. The average molecular weight is 486 g/mol. The van der Waals surface area contributed by atoms with Crippen molar-refractivity contribution in [2.45, 2.75) is 90.1 Å². The Balaban J connectivity index is 1.87.